The number of fused-ring (bicyclic) bond motifs is 8. The molecule has 0 amide bonds. The summed E-state index contributed by atoms with van der Waals surface area (Å²) in [6.45, 7) is 2.73. The summed E-state index contributed by atoms with van der Waals surface area (Å²) in [5.74, 6) is 8.98. The molecule has 3 heterocycles. The van der Waals surface area contributed by atoms with Crippen molar-refractivity contribution in [3.8, 4) is 0 Å². The van der Waals surface area contributed by atoms with E-state index in [1.165, 1.54) is 167 Å². The molecule has 59 heavy (non-hydrogen) atoms. The molecule has 2 saturated heterocycles. The summed E-state index contributed by atoms with van der Waals surface area (Å²) in [6, 6.07) is 4.56. The van der Waals surface area contributed by atoms with Gasteiger partial charge in [0.15, 0.2) is 0 Å². The largest absolute Gasteiger partial charge is 0.360 e. The Morgan fingerprint density at radius 2 is 1.34 bits per heavy atom. The van der Waals surface area contributed by atoms with Gasteiger partial charge in [0, 0.05) is 47.9 Å². The Hall–Kier alpha value is -1.62. The van der Waals surface area contributed by atoms with Crippen LogP contribution in [-0.2, 0) is 0 Å². The van der Waals surface area contributed by atoms with E-state index in [1.807, 2.05) is 5.57 Å². The van der Waals surface area contributed by atoms with Gasteiger partial charge in [-0.15, -0.1) is 0 Å². The highest BCUT2D eigenvalue weighted by atomic mass is 15.4. The van der Waals surface area contributed by atoms with Crippen molar-refractivity contribution >= 4 is 0 Å². The van der Waals surface area contributed by atoms with Crippen LogP contribution in [0.5, 0.6) is 0 Å². The maximum atomic E-state index is 4.53. The summed E-state index contributed by atoms with van der Waals surface area (Å²) >= 11 is 0. The molecule has 2 N–H and O–H groups in total. The molecular formula is C55H82N4. The molecule has 12 rings (SSSR count). The smallest absolute Gasteiger partial charge is 0.135 e. The Morgan fingerprint density at radius 1 is 0.593 bits per heavy atom. The number of likely N-dealkylation sites (tertiary alicyclic amines) is 2. The number of allylic oxidation sites excluding steroid dienone is 6. The first-order valence-electron chi connectivity index (χ1n) is 26.7. The molecule has 322 valence electrons. The third-order valence-corrected chi connectivity index (χ3v) is 20.6. The number of hydrogen-bond acceptors (Lipinski definition) is 4. The van der Waals surface area contributed by atoms with Crippen molar-refractivity contribution in [2.75, 3.05) is 0 Å². The van der Waals surface area contributed by atoms with Crippen LogP contribution in [0, 0.1) is 65.1 Å². The van der Waals surface area contributed by atoms with Gasteiger partial charge in [0.25, 0.3) is 0 Å². The number of nitrogens with one attached hydrogen (secondary N) is 2. The average Bonchev–Trinajstić information content (AvgIpc) is 3.82. The Labute approximate surface area is 360 Å². The van der Waals surface area contributed by atoms with Gasteiger partial charge in [-0.25, -0.2) is 0 Å². The molecule has 5 saturated carbocycles. The van der Waals surface area contributed by atoms with E-state index in [2.05, 4.69) is 69.9 Å². The van der Waals surface area contributed by atoms with E-state index in [0.29, 0.717) is 23.9 Å². The molecule has 4 heteroatoms. The first-order valence-corrected chi connectivity index (χ1v) is 26.7. The van der Waals surface area contributed by atoms with Crippen LogP contribution in [0.25, 0.3) is 0 Å². The molecule has 12 aliphatic rings. The van der Waals surface area contributed by atoms with Gasteiger partial charge in [0.1, 0.15) is 6.29 Å². The molecule has 7 fully saturated rings. The first-order chi connectivity index (χ1) is 29.2. The minimum absolute atomic E-state index is 0.282. The highest BCUT2D eigenvalue weighted by molar-refractivity contribution is 5.40. The van der Waals surface area contributed by atoms with Crippen LogP contribution in [0.15, 0.2) is 59.4 Å². The summed E-state index contributed by atoms with van der Waals surface area (Å²) in [7, 11) is 0. The minimum atomic E-state index is 0.282. The SMILES string of the molecule is CC1CC(C2=CCC3C(C2)C2CCCCC2N3C2CCCCC2)CC2C3CCCCC3N(C3NC4=C(C=CC5CCCCC45)C(C4C=CC(C5CC=CCC5)CC4)N3)C12. The molecule has 0 radical (unpaired) electrons. The normalized spacial score (nSPS) is 48.9. The van der Waals surface area contributed by atoms with Crippen molar-refractivity contribution in [2.24, 2.45) is 65.1 Å². The van der Waals surface area contributed by atoms with Crippen LogP contribution >= 0.6 is 0 Å². The second kappa shape index (κ2) is 16.5. The zero-order chi connectivity index (χ0) is 39.0. The molecule has 0 aromatic carbocycles. The number of rotatable bonds is 5. The summed E-state index contributed by atoms with van der Waals surface area (Å²) in [5, 5.41) is 8.99. The van der Waals surface area contributed by atoms with Crippen molar-refractivity contribution < 1.29 is 0 Å². The zero-order valence-corrected chi connectivity index (χ0v) is 37.2. The third-order valence-electron chi connectivity index (χ3n) is 20.6. The summed E-state index contributed by atoms with van der Waals surface area (Å²) in [4.78, 5) is 6.40. The minimum Gasteiger partial charge on any atom is -0.360 e. The van der Waals surface area contributed by atoms with Gasteiger partial charge in [0.2, 0.25) is 0 Å². The van der Waals surface area contributed by atoms with Crippen LogP contribution in [0.1, 0.15) is 174 Å². The lowest BCUT2D eigenvalue weighted by Crippen LogP contribution is -2.67. The summed E-state index contributed by atoms with van der Waals surface area (Å²) in [5.41, 5.74) is 5.27. The summed E-state index contributed by atoms with van der Waals surface area (Å²) in [6.07, 6.45) is 56.1. The van der Waals surface area contributed by atoms with Crippen molar-refractivity contribution in [1.82, 2.24) is 20.4 Å². The van der Waals surface area contributed by atoms with Crippen LogP contribution in [0.4, 0.5) is 0 Å². The first kappa shape index (κ1) is 39.0. The Kier molecular flexibility index (Phi) is 10.9. The van der Waals surface area contributed by atoms with Gasteiger partial charge in [0.05, 0.1) is 0 Å². The second-order valence-electron chi connectivity index (χ2n) is 23.3. The van der Waals surface area contributed by atoms with E-state index in [4.69, 9.17) is 0 Å². The lowest BCUT2D eigenvalue weighted by molar-refractivity contribution is 0.0106. The van der Waals surface area contributed by atoms with E-state index in [0.717, 1.165) is 77.4 Å². The van der Waals surface area contributed by atoms with Crippen LogP contribution in [0.3, 0.4) is 0 Å². The molecule has 9 aliphatic carbocycles. The van der Waals surface area contributed by atoms with Crippen LogP contribution in [0.2, 0.25) is 0 Å². The van der Waals surface area contributed by atoms with Crippen LogP contribution in [-0.4, -0.2) is 52.3 Å². The van der Waals surface area contributed by atoms with E-state index < -0.39 is 0 Å². The highest BCUT2D eigenvalue weighted by Crippen LogP contribution is 2.58. The van der Waals surface area contributed by atoms with E-state index in [-0.39, 0.29) is 6.29 Å². The van der Waals surface area contributed by atoms with E-state index in [9.17, 15) is 0 Å². The second-order valence-corrected chi connectivity index (χ2v) is 23.3. The highest BCUT2D eigenvalue weighted by Gasteiger charge is 2.58. The monoisotopic (exact) mass is 799 g/mol. The maximum absolute atomic E-state index is 4.53. The molecule has 17 unspecified atom stereocenters. The van der Waals surface area contributed by atoms with Crippen LogP contribution < -0.4 is 10.6 Å². The predicted octanol–water partition coefficient (Wildman–Crippen LogP) is 12.2. The molecule has 4 nitrogen and oxygen atoms in total. The molecule has 0 spiro atoms. The van der Waals surface area contributed by atoms with Crippen molar-refractivity contribution in [2.45, 2.75) is 216 Å². The number of nitrogens with zero attached hydrogens (tertiary/aromatic N) is 2. The predicted molar refractivity (Wildman–Crippen MR) is 243 cm³/mol. The fraction of sp³-hybridized carbons (Fsp3) is 0.818. The Balaban J connectivity index is 0.813. The van der Waals surface area contributed by atoms with Gasteiger partial charge in [-0.3, -0.25) is 15.1 Å². The fourth-order valence-corrected chi connectivity index (χ4v) is 18.1. The van der Waals surface area contributed by atoms with Gasteiger partial charge in [-0.05, 0) is 174 Å². The molecule has 0 aromatic rings. The standard InChI is InChI=1S/C55H82N4/c1-35-32-41(40-29-31-51-47(33-40)44-20-10-12-22-49(44)58(51)42-17-6-3-7-18-42)34-48-45-21-11-13-23-50(45)59(54(35)48)55-56-52(39-26-24-37(25-27-39)36-14-4-2-5-15-36)46-30-28-38-16-8-9-19-43(38)53(46)57-55/h2,4,24,26,28-30,35-39,41-45,47-52,54-57H,3,5-23,25,27,31-34H2,1H3. The molecular weight excluding hydrogens is 717 g/mol. The lowest BCUT2D eigenvalue weighted by Gasteiger charge is -2.52. The molecule has 0 aromatic heterocycles. The average molecular weight is 799 g/mol. The molecule has 3 aliphatic heterocycles. The Bertz CT molecular complexity index is 1680. The zero-order valence-electron chi connectivity index (χ0n) is 37.2. The van der Waals surface area contributed by atoms with E-state index in [1.54, 1.807) is 11.3 Å². The van der Waals surface area contributed by atoms with Gasteiger partial charge in [-0.2, -0.15) is 0 Å². The Morgan fingerprint density at radius 3 is 2.15 bits per heavy atom. The lowest BCUT2D eigenvalue weighted by atomic mass is 9.63. The third kappa shape index (κ3) is 6.91. The maximum Gasteiger partial charge on any atom is 0.135 e. The van der Waals surface area contributed by atoms with Gasteiger partial charge in [-0.1, -0.05) is 113 Å². The molecule has 0 bridgehead atoms. The summed E-state index contributed by atoms with van der Waals surface area (Å²) < 4.78 is 0. The fourth-order valence-electron chi connectivity index (χ4n) is 18.1. The topological polar surface area (TPSA) is 30.5 Å². The van der Waals surface area contributed by atoms with Crippen molar-refractivity contribution in [1.29, 1.82) is 0 Å². The van der Waals surface area contributed by atoms with Crippen molar-refractivity contribution in [3.63, 3.8) is 0 Å². The number of hydrogen-bond donors (Lipinski definition) is 2. The van der Waals surface area contributed by atoms with Gasteiger partial charge >= 0.3 is 0 Å². The van der Waals surface area contributed by atoms with E-state index >= 15 is 0 Å². The van der Waals surface area contributed by atoms with Crippen molar-refractivity contribution in [3.05, 3.63) is 59.4 Å². The quantitative estimate of drug-likeness (QED) is 0.271. The molecule has 17 atom stereocenters. The van der Waals surface area contributed by atoms with Gasteiger partial charge < -0.3 is 5.32 Å².